The second-order valence-corrected chi connectivity index (χ2v) is 21.3. The molecular formula is C64H120O6. The first-order chi connectivity index (χ1) is 34.5. The molecule has 70 heavy (non-hydrogen) atoms. The van der Waals surface area contributed by atoms with E-state index in [1.807, 2.05) is 0 Å². The lowest BCUT2D eigenvalue weighted by Gasteiger charge is -2.18. The first-order valence-electron chi connectivity index (χ1n) is 31.3. The molecule has 0 fully saturated rings. The quantitative estimate of drug-likeness (QED) is 0.0261. The Bertz CT molecular complexity index is 1130. The standard InChI is InChI=1S/C64H120O6/c1-4-7-10-13-16-19-22-25-28-30-32-34-36-39-42-45-48-51-54-57-63(66)69-60-61(59-68-62(65)56-53-50-47-44-41-38-35-27-24-21-18-15-12-9-6-3)70-64(67)58-55-52-49-46-43-40-37-33-31-29-26-23-20-17-14-11-8-5-2/h20,23,29,31,61H,4-19,21-22,24-28,30,32-60H2,1-3H3/b23-20-,31-29-. The highest BCUT2D eigenvalue weighted by molar-refractivity contribution is 5.71. The SMILES string of the molecule is CCCCCC/C=C\C/C=C\CCCCCCCCCC(=O)OC(COC(=O)CCCCCCCCCCCCCCCCC)COC(=O)CCCCCCCCCCCCCCCCCCCCC. The van der Waals surface area contributed by atoms with Crippen molar-refractivity contribution in [2.24, 2.45) is 0 Å². The Labute approximate surface area is 436 Å². The van der Waals surface area contributed by atoms with Gasteiger partial charge >= 0.3 is 17.9 Å². The molecule has 0 bridgehead atoms. The molecule has 0 radical (unpaired) electrons. The van der Waals surface area contributed by atoms with Crippen LogP contribution in [0, 0.1) is 0 Å². The van der Waals surface area contributed by atoms with Crippen molar-refractivity contribution in [1.29, 1.82) is 0 Å². The number of allylic oxidation sites excluding steroid dienone is 4. The Morgan fingerprint density at radius 1 is 0.286 bits per heavy atom. The zero-order valence-corrected chi connectivity index (χ0v) is 47.3. The monoisotopic (exact) mass is 985 g/mol. The van der Waals surface area contributed by atoms with Gasteiger partial charge in [0, 0.05) is 19.3 Å². The fourth-order valence-corrected chi connectivity index (χ4v) is 9.48. The van der Waals surface area contributed by atoms with Crippen LogP contribution in [0.5, 0.6) is 0 Å². The second-order valence-electron chi connectivity index (χ2n) is 21.3. The summed E-state index contributed by atoms with van der Waals surface area (Å²) in [6, 6.07) is 0. The molecule has 6 nitrogen and oxygen atoms in total. The number of unbranched alkanes of at least 4 members (excludes halogenated alkanes) is 43. The third-order valence-electron chi connectivity index (χ3n) is 14.2. The number of hydrogen-bond acceptors (Lipinski definition) is 6. The van der Waals surface area contributed by atoms with E-state index >= 15 is 0 Å². The Morgan fingerprint density at radius 2 is 0.514 bits per heavy atom. The number of ether oxygens (including phenoxy) is 3. The van der Waals surface area contributed by atoms with Crippen molar-refractivity contribution >= 4 is 17.9 Å². The molecule has 1 atom stereocenters. The Hall–Kier alpha value is -2.11. The summed E-state index contributed by atoms with van der Waals surface area (Å²) in [5.41, 5.74) is 0. The highest BCUT2D eigenvalue weighted by atomic mass is 16.6. The molecule has 0 aliphatic rings. The number of rotatable bonds is 58. The maximum atomic E-state index is 12.9. The number of esters is 3. The normalized spacial score (nSPS) is 12.1. The fraction of sp³-hybridized carbons (Fsp3) is 0.891. The lowest BCUT2D eigenvalue weighted by Crippen LogP contribution is -2.30. The van der Waals surface area contributed by atoms with Crippen molar-refractivity contribution in [2.75, 3.05) is 13.2 Å². The van der Waals surface area contributed by atoms with Crippen molar-refractivity contribution < 1.29 is 28.6 Å². The maximum Gasteiger partial charge on any atom is 0.306 e. The molecule has 0 aromatic rings. The first kappa shape index (κ1) is 67.9. The molecule has 0 aliphatic carbocycles. The molecule has 412 valence electrons. The van der Waals surface area contributed by atoms with Crippen LogP contribution < -0.4 is 0 Å². The molecule has 0 heterocycles. The van der Waals surface area contributed by atoms with E-state index in [4.69, 9.17) is 14.2 Å². The molecule has 0 spiro atoms. The Balaban J connectivity index is 4.32. The minimum absolute atomic E-state index is 0.0685. The van der Waals surface area contributed by atoms with Crippen molar-refractivity contribution in [1.82, 2.24) is 0 Å². The smallest absolute Gasteiger partial charge is 0.306 e. The van der Waals surface area contributed by atoms with Crippen molar-refractivity contribution in [3.8, 4) is 0 Å². The van der Waals surface area contributed by atoms with Gasteiger partial charge in [-0.25, -0.2) is 0 Å². The molecular weight excluding hydrogens is 865 g/mol. The minimum atomic E-state index is -0.771. The van der Waals surface area contributed by atoms with Crippen LogP contribution in [-0.2, 0) is 28.6 Å². The summed E-state index contributed by atoms with van der Waals surface area (Å²) >= 11 is 0. The zero-order chi connectivity index (χ0) is 50.7. The Morgan fingerprint density at radius 3 is 0.800 bits per heavy atom. The molecule has 6 heteroatoms. The molecule has 0 rings (SSSR count). The summed E-state index contributed by atoms with van der Waals surface area (Å²) in [7, 11) is 0. The molecule has 0 aromatic heterocycles. The van der Waals surface area contributed by atoms with Crippen LogP contribution in [0.15, 0.2) is 24.3 Å². The second kappa shape index (κ2) is 59.5. The third kappa shape index (κ3) is 56.8. The van der Waals surface area contributed by atoms with Crippen LogP contribution in [0.1, 0.15) is 348 Å². The Kier molecular flexibility index (Phi) is 57.7. The number of carbonyl (C=O) groups excluding carboxylic acids is 3. The summed E-state index contributed by atoms with van der Waals surface area (Å²) in [4.78, 5) is 38.3. The minimum Gasteiger partial charge on any atom is -0.462 e. The van der Waals surface area contributed by atoms with E-state index in [0.717, 1.165) is 70.6 Å². The van der Waals surface area contributed by atoms with Gasteiger partial charge in [-0.15, -0.1) is 0 Å². The van der Waals surface area contributed by atoms with E-state index in [2.05, 4.69) is 45.1 Å². The predicted octanol–water partition coefficient (Wildman–Crippen LogP) is 21.1. The van der Waals surface area contributed by atoms with Gasteiger partial charge in [0.2, 0.25) is 0 Å². The van der Waals surface area contributed by atoms with Gasteiger partial charge < -0.3 is 14.2 Å². The lowest BCUT2D eigenvalue weighted by atomic mass is 10.0. The molecule has 0 saturated heterocycles. The van der Waals surface area contributed by atoms with Crippen LogP contribution in [-0.4, -0.2) is 37.2 Å². The number of carbonyl (C=O) groups is 3. The highest BCUT2D eigenvalue weighted by Crippen LogP contribution is 2.18. The van der Waals surface area contributed by atoms with Crippen LogP contribution in [0.3, 0.4) is 0 Å². The van der Waals surface area contributed by atoms with E-state index in [0.29, 0.717) is 19.3 Å². The summed E-state index contributed by atoms with van der Waals surface area (Å²) in [5.74, 6) is -0.849. The summed E-state index contributed by atoms with van der Waals surface area (Å²) in [5, 5.41) is 0. The topological polar surface area (TPSA) is 78.9 Å². The molecule has 0 amide bonds. The van der Waals surface area contributed by atoms with Crippen LogP contribution in [0.25, 0.3) is 0 Å². The summed E-state index contributed by atoms with van der Waals surface area (Å²) in [6.45, 7) is 6.69. The van der Waals surface area contributed by atoms with Gasteiger partial charge in [-0.2, -0.15) is 0 Å². The lowest BCUT2D eigenvalue weighted by molar-refractivity contribution is -0.167. The summed E-state index contributed by atoms with van der Waals surface area (Å²) in [6.07, 6.45) is 70.3. The average molecular weight is 986 g/mol. The first-order valence-corrected chi connectivity index (χ1v) is 31.3. The van der Waals surface area contributed by atoms with Crippen LogP contribution >= 0.6 is 0 Å². The molecule has 0 N–H and O–H groups in total. The zero-order valence-electron chi connectivity index (χ0n) is 47.3. The van der Waals surface area contributed by atoms with E-state index in [1.54, 1.807) is 0 Å². The van der Waals surface area contributed by atoms with Crippen LogP contribution in [0.2, 0.25) is 0 Å². The fourth-order valence-electron chi connectivity index (χ4n) is 9.48. The molecule has 0 aromatic carbocycles. The largest absolute Gasteiger partial charge is 0.462 e. The van der Waals surface area contributed by atoms with Crippen molar-refractivity contribution in [2.45, 2.75) is 354 Å². The third-order valence-corrected chi connectivity index (χ3v) is 14.2. The van der Waals surface area contributed by atoms with Crippen LogP contribution in [0.4, 0.5) is 0 Å². The molecule has 0 saturated carbocycles. The van der Waals surface area contributed by atoms with Gasteiger partial charge in [0.25, 0.3) is 0 Å². The predicted molar refractivity (Wildman–Crippen MR) is 303 cm³/mol. The average Bonchev–Trinajstić information content (AvgIpc) is 3.36. The van der Waals surface area contributed by atoms with Gasteiger partial charge in [-0.05, 0) is 51.4 Å². The van der Waals surface area contributed by atoms with Gasteiger partial charge in [0.1, 0.15) is 13.2 Å². The molecule has 1 unspecified atom stereocenters. The van der Waals surface area contributed by atoms with Gasteiger partial charge in [-0.3, -0.25) is 14.4 Å². The van der Waals surface area contributed by atoms with E-state index < -0.39 is 6.10 Å². The highest BCUT2D eigenvalue weighted by Gasteiger charge is 2.19. The number of hydrogen-bond donors (Lipinski definition) is 0. The van der Waals surface area contributed by atoms with Gasteiger partial charge in [0.05, 0.1) is 0 Å². The van der Waals surface area contributed by atoms with E-state index in [9.17, 15) is 14.4 Å². The maximum absolute atomic E-state index is 12.9. The van der Waals surface area contributed by atoms with E-state index in [-0.39, 0.29) is 31.1 Å². The van der Waals surface area contributed by atoms with Gasteiger partial charge in [0.15, 0.2) is 6.10 Å². The van der Waals surface area contributed by atoms with Gasteiger partial charge in [-0.1, -0.05) is 302 Å². The van der Waals surface area contributed by atoms with Crippen molar-refractivity contribution in [3.05, 3.63) is 24.3 Å². The molecule has 0 aliphatic heterocycles. The van der Waals surface area contributed by atoms with Crippen molar-refractivity contribution in [3.63, 3.8) is 0 Å². The van der Waals surface area contributed by atoms with E-state index in [1.165, 1.54) is 238 Å². The summed E-state index contributed by atoms with van der Waals surface area (Å²) < 4.78 is 16.9.